The maximum atomic E-state index is 12.3. The van der Waals surface area contributed by atoms with Crippen molar-refractivity contribution in [1.82, 2.24) is 4.72 Å². The number of hydrogen-bond donors (Lipinski definition) is 3. The molecule has 0 saturated heterocycles. The average Bonchev–Trinajstić information content (AvgIpc) is 2.24. The van der Waals surface area contributed by atoms with Gasteiger partial charge in [-0.15, -0.1) is 0 Å². The molecular formula is C14H24N2O3S. The molecule has 0 heterocycles. The maximum absolute atomic E-state index is 12.3. The Morgan fingerprint density at radius 1 is 1.40 bits per heavy atom. The zero-order chi connectivity index (χ0) is 15.6. The number of nitrogen functional groups attached to an aromatic ring is 1. The largest absolute Gasteiger partial charge is 0.398 e. The lowest BCUT2D eigenvalue weighted by molar-refractivity contribution is 0.0437. The molecule has 1 atom stereocenters. The number of rotatable bonds is 6. The second kappa shape index (κ2) is 6.11. The Hall–Kier alpha value is -1.11. The Balaban J connectivity index is 2.92. The first kappa shape index (κ1) is 16.9. The van der Waals surface area contributed by atoms with Crippen LogP contribution in [0.4, 0.5) is 5.69 Å². The highest BCUT2D eigenvalue weighted by Crippen LogP contribution is 2.23. The molecule has 0 aromatic heterocycles. The van der Waals surface area contributed by atoms with Crippen LogP contribution in [0, 0.1) is 12.8 Å². The monoisotopic (exact) mass is 300 g/mol. The number of anilines is 1. The molecule has 1 aromatic carbocycles. The van der Waals surface area contributed by atoms with Crippen LogP contribution in [-0.4, -0.2) is 25.7 Å². The van der Waals surface area contributed by atoms with Crippen LogP contribution in [0.25, 0.3) is 0 Å². The quantitative estimate of drug-likeness (QED) is 0.697. The normalized spacial score (nSPS) is 15.3. The van der Waals surface area contributed by atoms with E-state index in [-0.39, 0.29) is 23.0 Å². The predicted molar refractivity (Wildman–Crippen MR) is 80.9 cm³/mol. The van der Waals surface area contributed by atoms with Gasteiger partial charge in [0, 0.05) is 6.54 Å². The Morgan fingerprint density at radius 2 is 2.00 bits per heavy atom. The van der Waals surface area contributed by atoms with Crippen LogP contribution in [0.3, 0.4) is 0 Å². The van der Waals surface area contributed by atoms with Crippen molar-refractivity contribution in [2.75, 3.05) is 12.3 Å². The second-order valence-electron chi connectivity index (χ2n) is 5.91. The van der Waals surface area contributed by atoms with E-state index < -0.39 is 15.6 Å². The van der Waals surface area contributed by atoms with E-state index in [0.29, 0.717) is 12.0 Å². The van der Waals surface area contributed by atoms with Gasteiger partial charge in [0.05, 0.1) is 11.3 Å². The molecule has 114 valence electrons. The maximum Gasteiger partial charge on any atom is 0.242 e. The highest BCUT2D eigenvalue weighted by Gasteiger charge is 2.26. The number of hydrogen-bond acceptors (Lipinski definition) is 4. The topological polar surface area (TPSA) is 92.4 Å². The average molecular weight is 300 g/mol. The summed E-state index contributed by atoms with van der Waals surface area (Å²) in [5, 5.41) is 10.2. The molecule has 0 spiro atoms. The third kappa shape index (κ3) is 4.47. The van der Waals surface area contributed by atoms with Crippen molar-refractivity contribution in [2.45, 2.75) is 44.6 Å². The van der Waals surface area contributed by atoms with Crippen molar-refractivity contribution in [3.05, 3.63) is 23.8 Å². The molecule has 0 aliphatic rings. The van der Waals surface area contributed by atoms with E-state index in [1.165, 1.54) is 0 Å². The summed E-state index contributed by atoms with van der Waals surface area (Å²) in [6.07, 6.45) is 0.513. The van der Waals surface area contributed by atoms with Crippen LogP contribution >= 0.6 is 0 Å². The summed E-state index contributed by atoms with van der Waals surface area (Å²) in [5.74, 6) is 0.276. The lowest BCUT2D eigenvalue weighted by atomic mass is 9.95. The summed E-state index contributed by atoms with van der Waals surface area (Å²) < 4.78 is 27.1. The first-order valence-corrected chi connectivity index (χ1v) is 8.10. The van der Waals surface area contributed by atoms with E-state index in [1.54, 1.807) is 32.0 Å². The third-order valence-electron chi connectivity index (χ3n) is 3.00. The van der Waals surface area contributed by atoms with E-state index in [4.69, 9.17) is 5.73 Å². The number of aryl methyl sites for hydroxylation is 1. The minimum atomic E-state index is -3.73. The molecule has 0 bridgehead atoms. The molecule has 0 amide bonds. The lowest BCUT2D eigenvalue weighted by Crippen LogP contribution is -2.41. The smallest absolute Gasteiger partial charge is 0.242 e. The van der Waals surface area contributed by atoms with Gasteiger partial charge in [0.25, 0.3) is 0 Å². The van der Waals surface area contributed by atoms with Gasteiger partial charge in [-0.3, -0.25) is 0 Å². The van der Waals surface area contributed by atoms with Crippen LogP contribution < -0.4 is 10.5 Å². The van der Waals surface area contributed by atoms with Gasteiger partial charge in [0.1, 0.15) is 4.90 Å². The van der Waals surface area contributed by atoms with Crippen molar-refractivity contribution in [2.24, 2.45) is 5.92 Å². The van der Waals surface area contributed by atoms with Crippen LogP contribution in [0.15, 0.2) is 23.1 Å². The molecule has 0 fully saturated rings. The van der Waals surface area contributed by atoms with Crippen LogP contribution in [0.1, 0.15) is 32.8 Å². The number of nitrogens with two attached hydrogens (primary N) is 1. The summed E-state index contributed by atoms with van der Waals surface area (Å²) in [5.41, 5.74) is 5.45. The predicted octanol–water partition coefficient (Wildman–Crippen LogP) is 1.65. The summed E-state index contributed by atoms with van der Waals surface area (Å²) in [7, 11) is -3.73. The van der Waals surface area contributed by atoms with Crippen molar-refractivity contribution in [3.63, 3.8) is 0 Å². The minimum Gasteiger partial charge on any atom is -0.398 e. The molecule has 5 nitrogen and oxygen atoms in total. The van der Waals surface area contributed by atoms with Gasteiger partial charge in [0.2, 0.25) is 10.0 Å². The van der Waals surface area contributed by atoms with Gasteiger partial charge < -0.3 is 10.8 Å². The molecular weight excluding hydrogens is 276 g/mol. The number of aliphatic hydroxyl groups is 1. The highest BCUT2D eigenvalue weighted by atomic mass is 32.2. The molecule has 0 aliphatic carbocycles. The second-order valence-corrected chi connectivity index (χ2v) is 7.62. The minimum absolute atomic E-state index is 0.0404. The highest BCUT2D eigenvalue weighted by molar-refractivity contribution is 7.89. The van der Waals surface area contributed by atoms with Crippen molar-refractivity contribution in [3.8, 4) is 0 Å². The summed E-state index contributed by atoms with van der Waals surface area (Å²) in [6, 6.07) is 4.95. The Kier molecular flexibility index (Phi) is 5.18. The summed E-state index contributed by atoms with van der Waals surface area (Å²) in [6.45, 7) is 7.22. The van der Waals surface area contributed by atoms with Gasteiger partial charge >= 0.3 is 0 Å². The number of benzene rings is 1. The van der Waals surface area contributed by atoms with E-state index >= 15 is 0 Å². The molecule has 4 N–H and O–H groups in total. The third-order valence-corrected chi connectivity index (χ3v) is 4.62. The standard InChI is InChI=1S/C14H24N2O3S/c1-10(2)8-14(4,17)9-16-20(18,19)13-11(3)6-5-7-12(13)15/h5-7,10,16-17H,8-9,15H2,1-4H3. The number of nitrogens with one attached hydrogen (secondary N) is 1. The SMILES string of the molecule is Cc1cccc(N)c1S(=O)(=O)NCC(C)(O)CC(C)C. The first-order chi connectivity index (χ1) is 9.05. The van der Waals surface area contributed by atoms with Gasteiger partial charge in [-0.25, -0.2) is 13.1 Å². The fourth-order valence-corrected chi connectivity index (χ4v) is 3.83. The van der Waals surface area contributed by atoms with Gasteiger partial charge in [-0.1, -0.05) is 26.0 Å². The van der Waals surface area contributed by atoms with E-state index in [1.807, 2.05) is 13.8 Å². The molecule has 1 rings (SSSR count). The molecule has 1 unspecified atom stereocenters. The van der Waals surface area contributed by atoms with Gasteiger partial charge in [0.15, 0.2) is 0 Å². The van der Waals surface area contributed by atoms with Crippen molar-refractivity contribution >= 4 is 15.7 Å². The molecule has 0 aliphatic heterocycles. The van der Waals surface area contributed by atoms with Crippen molar-refractivity contribution in [1.29, 1.82) is 0 Å². The Labute approximate surface area is 121 Å². The van der Waals surface area contributed by atoms with Crippen LogP contribution in [0.5, 0.6) is 0 Å². The van der Waals surface area contributed by atoms with Crippen LogP contribution in [0.2, 0.25) is 0 Å². The molecule has 20 heavy (non-hydrogen) atoms. The number of sulfonamides is 1. The lowest BCUT2D eigenvalue weighted by Gasteiger charge is -2.25. The van der Waals surface area contributed by atoms with E-state index in [2.05, 4.69) is 4.72 Å². The van der Waals surface area contributed by atoms with Crippen molar-refractivity contribution < 1.29 is 13.5 Å². The molecule has 0 saturated carbocycles. The molecule has 0 radical (unpaired) electrons. The molecule has 1 aromatic rings. The van der Waals surface area contributed by atoms with Gasteiger partial charge in [-0.2, -0.15) is 0 Å². The summed E-state index contributed by atoms with van der Waals surface area (Å²) in [4.78, 5) is 0.0837. The first-order valence-electron chi connectivity index (χ1n) is 6.62. The fourth-order valence-electron chi connectivity index (χ4n) is 2.32. The van der Waals surface area contributed by atoms with E-state index in [9.17, 15) is 13.5 Å². The molecule has 6 heteroatoms. The van der Waals surface area contributed by atoms with Crippen LogP contribution in [-0.2, 0) is 10.0 Å². The Bertz CT molecular complexity index is 546. The van der Waals surface area contributed by atoms with Gasteiger partial charge in [-0.05, 0) is 37.8 Å². The fraction of sp³-hybridized carbons (Fsp3) is 0.571. The zero-order valence-corrected chi connectivity index (χ0v) is 13.3. The van der Waals surface area contributed by atoms with E-state index in [0.717, 1.165) is 0 Å². The Morgan fingerprint density at radius 3 is 2.50 bits per heavy atom. The summed E-state index contributed by atoms with van der Waals surface area (Å²) >= 11 is 0. The zero-order valence-electron chi connectivity index (χ0n) is 12.5.